The zero-order chi connectivity index (χ0) is 27.5. The molecule has 1 aliphatic rings. The fourth-order valence-electron chi connectivity index (χ4n) is 5.17. The van der Waals surface area contributed by atoms with Gasteiger partial charge in [-0.15, -0.1) is 16.9 Å². The topological polar surface area (TPSA) is 92.5 Å². The third-order valence-corrected chi connectivity index (χ3v) is 8.51. The average molecular weight is 552 g/mol. The second-order valence-corrected chi connectivity index (χ2v) is 11.5. The Labute approximate surface area is 236 Å². The second kappa shape index (κ2) is 15.2. The summed E-state index contributed by atoms with van der Waals surface area (Å²) < 4.78 is 6.94. The Kier molecular flexibility index (Phi) is 11.4. The molecular weight excluding hydrogens is 510 g/mol. The molecule has 8 nitrogen and oxygen atoms in total. The van der Waals surface area contributed by atoms with Crippen LogP contribution in [-0.2, 0) is 21.8 Å². The molecule has 1 saturated carbocycles. The number of hydrogen-bond donors (Lipinski definition) is 2. The van der Waals surface area contributed by atoms with Gasteiger partial charge in [-0.05, 0) is 47.7 Å². The number of carbonyl (C=O) groups is 1. The third kappa shape index (κ3) is 8.89. The first-order valence-corrected chi connectivity index (χ1v) is 14.9. The van der Waals surface area contributed by atoms with E-state index in [1.54, 1.807) is 16.4 Å². The Bertz CT molecular complexity index is 1160. The molecule has 3 aromatic rings. The minimum absolute atomic E-state index is 0.230. The third-order valence-electron chi connectivity index (χ3n) is 7.46. The lowest BCUT2D eigenvalue weighted by molar-refractivity contribution is -0.130. The number of carbonyl (C=O) groups excluding carboxylic acids is 1. The highest BCUT2D eigenvalue weighted by atomic mass is 32.2. The van der Waals surface area contributed by atoms with Crippen LogP contribution >= 0.6 is 11.8 Å². The van der Waals surface area contributed by atoms with E-state index in [9.17, 15) is 10.0 Å². The molecule has 210 valence electrons. The van der Waals surface area contributed by atoms with Gasteiger partial charge in [0, 0.05) is 37.8 Å². The van der Waals surface area contributed by atoms with Crippen molar-refractivity contribution >= 4 is 17.7 Å². The molecule has 1 aliphatic carbocycles. The van der Waals surface area contributed by atoms with Crippen molar-refractivity contribution in [1.29, 1.82) is 0 Å². The van der Waals surface area contributed by atoms with Crippen molar-refractivity contribution in [3.05, 3.63) is 71.5 Å². The zero-order valence-electron chi connectivity index (χ0n) is 23.1. The van der Waals surface area contributed by atoms with Gasteiger partial charge >= 0.3 is 0 Å². The predicted molar refractivity (Wildman–Crippen MR) is 154 cm³/mol. The first-order chi connectivity index (χ1) is 19.1. The molecule has 1 aromatic heterocycles. The molecule has 4 rings (SSSR count). The Morgan fingerprint density at radius 2 is 1.97 bits per heavy atom. The highest BCUT2D eigenvalue weighted by Crippen LogP contribution is 2.29. The average Bonchev–Trinajstić information content (AvgIpc) is 3.66. The normalized spacial score (nSPS) is 14.5. The predicted octanol–water partition coefficient (Wildman–Crippen LogP) is 6.28. The molecule has 0 radical (unpaired) electrons. The lowest BCUT2D eigenvalue weighted by Gasteiger charge is -2.17. The molecule has 39 heavy (non-hydrogen) atoms. The summed E-state index contributed by atoms with van der Waals surface area (Å²) in [6.45, 7) is 0.634. The van der Waals surface area contributed by atoms with Gasteiger partial charge in [0.25, 0.3) is 0 Å². The summed E-state index contributed by atoms with van der Waals surface area (Å²) in [5.41, 5.74) is 5.76. The van der Waals surface area contributed by atoms with Crippen LogP contribution < -0.4 is 5.48 Å². The summed E-state index contributed by atoms with van der Waals surface area (Å²) in [5, 5.41) is 17.8. The molecule has 0 aliphatic heterocycles. The van der Waals surface area contributed by atoms with Crippen LogP contribution in [0.15, 0.2) is 59.6 Å². The molecule has 1 atom stereocenters. The minimum atomic E-state index is -0.611. The number of unbranched alkanes of at least 4 members (excludes halogenated alkanes) is 2. The van der Waals surface area contributed by atoms with Crippen molar-refractivity contribution in [3.8, 4) is 5.69 Å². The number of aromatic nitrogens is 3. The molecular formula is C30H41N5O3S. The number of methoxy groups -OCH3 is 1. The monoisotopic (exact) mass is 551 g/mol. The molecule has 0 saturated heterocycles. The number of nitrogens with one attached hydrogen (secondary N) is 1. The van der Waals surface area contributed by atoms with E-state index in [1.807, 2.05) is 42.4 Å². The van der Waals surface area contributed by atoms with E-state index in [4.69, 9.17) is 4.74 Å². The van der Waals surface area contributed by atoms with Crippen LogP contribution in [0.4, 0.5) is 0 Å². The Morgan fingerprint density at radius 3 is 2.72 bits per heavy atom. The molecule has 9 heteroatoms. The van der Waals surface area contributed by atoms with Crippen LogP contribution in [0.5, 0.6) is 0 Å². The van der Waals surface area contributed by atoms with Crippen molar-refractivity contribution in [2.75, 3.05) is 14.2 Å². The van der Waals surface area contributed by atoms with Crippen LogP contribution in [0.2, 0.25) is 0 Å². The van der Waals surface area contributed by atoms with Crippen LogP contribution in [0, 0.1) is 5.92 Å². The second-order valence-electron chi connectivity index (χ2n) is 10.4. The van der Waals surface area contributed by atoms with E-state index < -0.39 is 6.23 Å². The van der Waals surface area contributed by atoms with E-state index in [2.05, 4.69) is 40.1 Å². The van der Waals surface area contributed by atoms with Gasteiger partial charge in [0.1, 0.15) is 0 Å². The lowest BCUT2D eigenvalue weighted by Crippen LogP contribution is -2.25. The van der Waals surface area contributed by atoms with Crippen molar-refractivity contribution < 1.29 is 14.7 Å². The number of amides is 1. The summed E-state index contributed by atoms with van der Waals surface area (Å²) in [6.07, 6.45) is 12.4. The molecule has 0 bridgehead atoms. The molecule has 1 heterocycles. The zero-order valence-corrected chi connectivity index (χ0v) is 23.9. The van der Waals surface area contributed by atoms with Crippen LogP contribution in [0.25, 0.3) is 5.69 Å². The van der Waals surface area contributed by atoms with Crippen molar-refractivity contribution in [3.63, 3.8) is 0 Å². The van der Waals surface area contributed by atoms with Gasteiger partial charge in [-0.1, -0.05) is 74.4 Å². The van der Waals surface area contributed by atoms with Crippen LogP contribution in [0.1, 0.15) is 80.8 Å². The van der Waals surface area contributed by atoms with Gasteiger partial charge in [-0.3, -0.25) is 4.79 Å². The van der Waals surface area contributed by atoms with E-state index in [0.717, 1.165) is 46.2 Å². The number of rotatable bonds is 15. The van der Waals surface area contributed by atoms with E-state index in [-0.39, 0.29) is 5.91 Å². The number of hydrogen-bond acceptors (Lipinski definition) is 7. The summed E-state index contributed by atoms with van der Waals surface area (Å²) >= 11 is 1.70. The van der Waals surface area contributed by atoms with Gasteiger partial charge in [0.2, 0.25) is 5.91 Å². The number of thioether (sulfide) groups is 1. The molecule has 2 N–H and O–H groups in total. The first kappa shape index (κ1) is 29.3. The smallest absolute Gasteiger partial charge is 0.222 e. The van der Waals surface area contributed by atoms with Gasteiger partial charge in [0.05, 0.1) is 17.6 Å². The van der Waals surface area contributed by atoms with Crippen molar-refractivity contribution in [2.45, 2.75) is 81.2 Å². The number of hydroxylamine groups is 1. The van der Waals surface area contributed by atoms with Crippen LogP contribution in [-0.4, -0.2) is 45.2 Å². The van der Waals surface area contributed by atoms with Gasteiger partial charge < -0.3 is 14.8 Å². The highest BCUT2D eigenvalue weighted by Gasteiger charge is 2.15. The summed E-state index contributed by atoms with van der Waals surface area (Å²) in [4.78, 5) is 15.6. The number of ether oxygens (including phenoxy) is 1. The number of benzene rings is 2. The maximum absolute atomic E-state index is 12.6. The summed E-state index contributed by atoms with van der Waals surface area (Å²) in [6, 6.07) is 16.0. The van der Waals surface area contributed by atoms with E-state index in [0.29, 0.717) is 18.7 Å². The van der Waals surface area contributed by atoms with Gasteiger partial charge in [-0.25, -0.2) is 4.68 Å². The Balaban J connectivity index is 1.19. The molecule has 0 spiro atoms. The molecule has 1 unspecified atom stereocenters. The highest BCUT2D eigenvalue weighted by molar-refractivity contribution is 7.98. The molecule has 1 fully saturated rings. The van der Waals surface area contributed by atoms with Gasteiger partial charge in [-0.2, -0.15) is 5.48 Å². The quantitative estimate of drug-likeness (QED) is 0.0993. The Hall–Kier alpha value is -2.72. The van der Waals surface area contributed by atoms with Gasteiger partial charge in [0.15, 0.2) is 6.23 Å². The summed E-state index contributed by atoms with van der Waals surface area (Å²) in [7, 11) is 3.42. The SMILES string of the molecule is COC(NO)c1cccc(-n2cc(CSc3ccc(CN(C)C(=O)CCCCCC4CCCC4)cc3)nn2)c1. The largest absolute Gasteiger partial charge is 0.360 e. The number of nitrogens with zero attached hydrogens (tertiary/aromatic N) is 4. The maximum atomic E-state index is 12.6. The fraction of sp³-hybridized carbons (Fsp3) is 0.500. The lowest BCUT2D eigenvalue weighted by atomic mass is 9.99. The molecule has 2 aromatic carbocycles. The fourth-order valence-corrected chi connectivity index (χ4v) is 5.95. The standard InChI is InChI=1S/C30H41N5O3S/c1-34(29(36)14-5-3-4-9-23-10-6-7-11-23)20-24-15-17-28(18-16-24)39-22-26-21-35(33-31-26)27-13-8-12-25(19-27)30(32-37)38-2/h8,12-13,15-19,21,23,30,32,37H,3-7,9-11,14,20,22H2,1-2H3. The Morgan fingerprint density at radius 1 is 1.18 bits per heavy atom. The van der Waals surface area contributed by atoms with Crippen molar-refractivity contribution in [2.24, 2.45) is 5.92 Å². The minimum Gasteiger partial charge on any atom is -0.360 e. The first-order valence-electron chi connectivity index (χ1n) is 14.0. The summed E-state index contributed by atoms with van der Waals surface area (Å²) in [5.74, 6) is 1.87. The van der Waals surface area contributed by atoms with Crippen LogP contribution in [0.3, 0.4) is 0 Å². The van der Waals surface area contributed by atoms with Crippen molar-refractivity contribution in [1.82, 2.24) is 25.4 Å². The molecule has 1 amide bonds. The van der Waals surface area contributed by atoms with E-state index >= 15 is 0 Å². The van der Waals surface area contributed by atoms with E-state index in [1.165, 1.54) is 45.6 Å². The maximum Gasteiger partial charge on any atom is 0.222 e.